The lowest BCUT2D eigenvalue weighted by molar-refractivity contribution is -0.0360. The molecule has 110 valence electrons. The van der Waals surface area contributed by atoms with Crippen molar-refractivity contribution in [2.75, 3.05) is 6.54 Å². The van der Waals surface area contributed by atoms with E-state index in [-0.39, 0.29) is 5.60 Å². The first-order valence-corrected chi connectivity index (χ1v) is 9.20. The third kappa shape index (κ3) is 2.44. The number of thiophene rings is 1. The maximum atomic E-state index is 6.41. The molecule has 1 aromatic rings. The van der Waals surface area contributed by atoms with E-state index in [4.69, 9.17) is 4.74 Å². The molecule has 2 fully saturated rings. The zero-order valence-corrected chi connectivity index (χ0v) is 13.0. The predicted octanol–water partition coefficient (Wildman–Crippen LogP) is 4.21. The van der Waals surface area contributed by atoms with Gasteiger partial charge < -0.3 is 10.1 Å². The van der Waals surface area contributed by atoms with Gasteiger partial charge in [-0.2, -0.15) is 0 Å². The number of rotatable bonds is 3. The van der Waals surface area contributed by atoms with Crippen molar-refractivity contribution in [1.29, 1.82) is 0 Å². The second kappa shape index (κ2) is 5.43. The van der Waals surface area contributed by atoms with Gasteiger partial charge in [-0.05, 0) is 62.0 Å². The highest BCUT2D eigenvalue weighted by Gasteiger charge is 2.42. The van der Waals surface area contributed by atoms with Crippen molar-refractivity contribution in [3.8, 4) is 0 Å². The topological polar surface area (TPSA) is 21.3 Å². The van der Waals surface area contributed by atoms with Gasteiger partial charge in [-0.1, -0.05) is 12.8 Å². The molecule has 1 N–H and O–H groups in total. The number of hydrogen-bond acceptors (Lipinski definition) is 3. The van der Waals surface area contributed by atoms with Crippen LogP contribution in [0.15, 0.2) is 11.4 Å². The van der Waals surface area contributed by atoms with Crippen molar-refractivity contribution >= 4 is 11.3 Å². The molecular weight excluding hydrogens is 266 g/mol. The van der Waals surface area contributed by atoms with Crippen LogP contribution in [0, 0.1) is 0 Å². The van der Waals surface area contributed by atoms with Crippen molar-refractivity contribution in [3.63, 3.8) is 0 Å². The molecule has 1 saturated heterocycles. The average Bonchev–Trinajstić information content (AvgIpc) is 3.19. The Morgan fingerprint density at radius 1 is 1.20 bits per heavy atom. The van der Waals surface area contributed by atoms with Crippen LogP contribution in [0.3, 0.4) is 0 Å². The van der Waals surface area contributed by atoms with E-state index in [1.807, 2.05) is 11.3 Å². The minimum atomic E-state index is 0.284. The predicted molar refractivity (Wildman–Crippen MR) is 83.3 cm³/mol. The standard InChI is InChI=1S/C17H25NOS/c1-2-9-17(8-1)10-6-13(19-17)12-18-15-4-3-5-16-14(15)7-11-20-16/h7,11,13,15,18H,1-6,8-10,12H2. The molecule has 0 aromatic carbocycles. The smallest absolute Gasteiger partial charge is 0.0708 e. The Morgan fingerprint density at radius 3 is 3.00 bits per heavy atom. The molecule has 2 aliphatic carbocycles. The lowest BCUT2D eigenvalue weighted by Crippen LogP contribution is -2.34. The summed E-state index contributed by atoms with van der Waals surface area (Å²) in [6.45, 7) is 1.04. The van der Waals surface area contributed by atoms with Crippen molar-refractivity contribution in [1.82, 2.24) is 5.32 Å². The van der Waals surface area contributed by atoms with Crippen LogP contribution in [0.1, 0.15) is 67.8 Å². The van der Waals surface area contributed by atoms with Gasteiger partial charge in [-0.25, -0.2) is 0 Å². The number of fused-ring (bicyclic) bond motifs is 1. The highest BCUT2D eigenvalue weighted by molar-refractivity contribution is 7.10. The summed E-state index contributed by atoms with van der Waals surface area (Å²) in [6.07, 6.45) is 12.3. The van der Waals surface area contributed by atoms with Crippen LogP contribution in [0.5, 0.6) is 0 Å². The second-order valence-corrected chi connectivity index (χ2v) is 7.82. The van der Waals surface area contributed by atoms with Gasteiger partial charge in [0.15, 0.2) is 0 Å². The number of hydrogen-bond donors (Lipinski definition) is 1. The molecule has 20 heavy (non-hydrogen) atoms. The number of ether oxygens (including phenoxy) is 1. The first kappa shape index (κ1) is 13.3. The molecule has 2 unspecified atom stereocenters. The second-order valence-electron chi connectivity index (χ2n) is 6.82. The van der Waals surface area contributed by atoms with Crippen LogP contribution in [0.2, 0.25) is 0 Å². The lowest BCUT2D eigenvalue weighted by Gasteiger charge is -2.27. The first-order chi connectivity index (χ1) is 9.85. The fourth-order valence-electron chi connectivity index (χ4n) is 4.40. The molecule has 1 aliphatic heterocycles. The molecule has 1 saturated carbocycles. The van der Waals surface area contributed by atoms with E-state index in [0.717, 1.165) is 6.54 Å². The Hall–Kier alpha value is -0.380. The van der Waals surface area contributed by atoms with Gasteiger partial charge >= 0.3 is 0 Å². The van der Waals surface area contributed by atoms with Crippen LogP contribution in [0.4, 0.5) is 0 Å². The maximum absolute atomic E-state index is 6.41. The van der Waals surface area contributed by atoms with Crippen LogP contribution in [-0.4, -0.2) is 18.2 Å². The summed E-state index contributed by atoms with van der Waals surface area (Å²) in [4.78, 5) is 1.60. The van der Waals surface area contributed by atoms with Crippen LogP contribution < -0.4 is 5.32 Å². The summed E-state index contributed by atoms with van der Waals surface area (Å²) < 4.78 is 6.41. The first-order valence-electron chi connectivity index (χ1n) is 8.32. The third-order valence-electron chi connectivity index (χ3n) is 5.50. The Balaban J connectivity index is 1.34. The molecule has 3 aliphatic rings. The van der Waals surface area contributed by atoms with Gasteiger partial charge in [0.1, 0.15) is 0 Å². The van der Waals surface area contributed by atoms with E-state index in [0.29, 0.717) is 12.1 Å². The lowest BCUT2D eigenvalue weighted by atomic mass is 9.94. The minimum absolute atomic E-state index is 0.284. The summed E-state index contributed by atoms with van der Waals surface area (Å²) in [7, 11) is 0. The summed E-state index contributed by atoms with van der Waals surface area (Å²) in [5.74, 6) is 0. The summed E-state index contributed by atoms with van der Waals surface area (Å²) >= 11 is 1.93. The average molecular weight is 291 g/mol. The molecule has 2 atom stereocenters. The Labute approximate surface area is 125 Å². The largest absolute Gasteiger partial charge is 0.370 e. The molecule has 1 spiro atoms. The van der Waals surface area contributed by atoms with Gasteiger partial charge in [0, 0.05) is 17.5 Å². The van der Waals surface area contributed by atoms with E-state index in [1.165, 1.54) is 57.8 Å². The van der Waals surface area contributed by atoms with Crippen LogP contribution in [-0.2, 0) is 11.2 Å². The molecule has 2 heterocycles. The van der Waals surface area contributed by atoms with Crippen molar-refractivity contribution in [2.45, 2.75) is 75.5 Å². The van der Waals surface area contributed by atoms with Crippen LogP contribution >= 0.6 is 11.3 Å². The normalized spacial score (nSPS) is 31.8. The Kier molecular flexibility index (Phi) is 3.61. The molecule has 0 bridgehead atoms. The van der Waals surface area contributed by atoms with E-state index in [1.54, 1.807) is 10.4 Å². The molecule has 3 heteroatoms. The molecule has 0 radical (unpaired) electrons. The van der Waals surface area contributed by atoms with Crippen molar-refractivity contribution in [2.24, 2.45) is 0 Å². The van der Waals surface area contributed by atoms with Gasteiger partial charge in [0.25, 0.3) is 0 Å². The highest BCUT2D eigenvalue weighted by Crippen LogP contribution is 2.43. The highest BCUT2D eigenvalue weighted by atomic mass is 32.1. The molecule has 1 aromatic heterocycles. The molecular formula is C17H25NOS. The quantitative estimate of drug-likeness (QED) is 0.901. The van der Waals surface area contributed by atoms with E-state index in [2.05, 4.69) is 16.8 Å². The van der Waals surface area contributed by atoms with Crippen molar-refractivity contribution < 1.29 is 4.74 Å². The zero-order valence-electron chi connectivity index (χ0n) is 12.2. The van der Waals surface area contributed by atoms with Gasteiger partial charge in [-0.3, -0.25) is 0 Å². The Morgan fingerprint density at radius 2 is 2.10 bits per heavy atom. The monoisotopic (exact) mass is 291 g/mol. The summed E-state index contributed by atoms with van der Waals surface area (Å²) in [5, 5.41) is 6.05. The van der Waals surface area contributed by atoms with Gasteiger partial charge in [0.2, 0.25) is 0 Å². The van der Waals surface area contributed by atoms with Gasteiger partial charge in [0.05, 0.1) is 11.7 Å². The van der Waals surface area contributed by atoms with E-state index in [9.17, 15) is 0 Å². The van der Waals surface area contributed by atoms with E-state index < -0.39 is 0 Å². The third-order valence-corrected chi connectivity index (χ3v) is 6.49. The number of aryl methyl sites for hydroxylation is 1. The SMILES string of the molecule is c1cc2c(s1)CCCC2NCC1CCC2(CCCC2)O1. The minimum Gasteiger partial charge on any atom is -0.370 e. The number of nitrogens with one attached hydrogen (secondary N) is 1. The molecule has 0 amide bonds. The maximum Gasteiger partial charge on any atom is 0.0708 e. The fraction of sp³-hybridized carbons (Fsp3) is 0.765. The summed E-state index contributed by atoms with van der Waals surface area (Å²) in [6, 6.07) is 2.90. The van der Waals surface area contributed by atoms with Gasteiger partial charge in [-0.15, -0.1) is 11.3 Å². The van der Waals surface area contributed by atoms with Crippen LogP contribution in [0.25, 0.3) is 0 Å². The molecule has 4 rings (SSSR count). The fourth-order valence-corrected chi connectivity index (χ4v) is 5.39. The summed E-state index contributed by atoms with van der Waals surface area (Å²) in [5.41, 5.74) is 1.85. The van der Waals surface area contributed by atoms with Crippen molar-refractivity contribution in [3.05, 3.63) is 21.9 Å². The molecule has 2 nitrogen and oxygen atoms in total. The van der Waals surface area contributed by atoms with E-state index >= 15 is 0 Å². The zero-order chi connectivity index (χ0) is 13.4. The Bertz CT molecular complexity index is 463.